The minimum atomic E-state index is -3.31. The molecule has 0 aliphatic heterocycles. The van der Waals surface area contributed by atoms with E-state index in [9.17, 15) is 8.42 Å². The minimum Gasteiger partial charge on any atom is -0.217 e. The molecule has 1 heterocycles. The number of sulfone groups is 1. The van der Waals surface area contributed by atoms with E-state index >= 15 is 0 Å². The van der Waals surface area contributed by atoms with E-state index in [0.29, 0.717) is 5.03 Å². The Labute approximate surface area is 117 Å². The van der Waals surface area contributed by atoms with E-state index in [1.165, 1.54) is 0 Å². The van der Waals surface area contributed by atoms with Gasteiger partial charge in [-0.1, -0.05) is 27.7 Å². The normalized spacial score (nSPS) is 12.9. The highest BCUT2D eigenvalue weighted by Crippen LogP contribution is 2.26. The van der Waals surface area contributed by atoms with Crippen LogP contribution >= 0.6 is 0 Å². The first-order chi connectivity index (χ1) is 8.69. The summed E-state index contributed by atoms with van der Waals surface area (Å²) >= 11 is 0. The predicted molar refractivity (Wildman–Crippen MR) is 77.7 cm³/mol. The van der Waals surface area contributed by atoms with Crippen LogP contribution in [0.5, 0.6) is 0 Å². The maximum atomic E-state index is 12.9. The molecule has 0 spiro atoms. The summed E-state index contributed by atoms with van der Waals surface area (Å²) in [4.78, 5) is 0. The molecule has 0 bridgehead atoms. The van der Waals surface area contributed by atoms with Crippen LogP contribution in [-0.2, 0) is 9.84 Å². The zero-order chi connectivity index (χ0) is 14.8. The number of hydrogen-bond acceptors (Lipinski definition) is 2. The molecule has 3 nitrogen and oxygen atoms in total. The number of hydrogen-bond donors (Lipinski definition) is 0. The maximum absolute atomic E-state index is 12.9. The van der Waals surface area contributed by atoms with E-state index in [2.05, 4.69) is 0 Å². The Balaban J connectivity index is 3.42. The molecule has 0 aliphatic rings. The second kappa shape index (κ2) is 6.04. The Hall–Kier alpha value is -0.900. The van der Waals surface area contributed by atoms with Crippen molar-refractivity contribution in [3.8, 4) is 0 Å². The Morgan fingerprint density at radius 3 is 1.89 bits per heavy atom. The summed E-state index contributed by atoms with van der Waals surface area (Å²) < 4.78 is 27.7. The minimum absolute atomic E-state index is 0.103. The Bertz CT molecular complexity index is 511. The van der Waals surface area contributed by atoms with E-state index in [0.717, 1.165) is 0 Å². The fourth-order valence-corrected chi connectivity index (χ4v) is 5.28. The van der Waals surface area contributed by atoms with Crippen LogP contribution in [0.15, 0.2) is 29.4 Å². The van der Waals surface area contributed by atoms with Crippen LogP contribution in [0.4, 0.5) is 0 Å². The molecule has 19 heavy (non-hydrogen) atoms. The summed E-state index contributed by atoms with van der Waals surface area (Å²) in [7, 11) is -3.31. The standard InChI is InChI=1S/C15H26NO2S/c1-11(2)15(12(3)4)19(17,18)14-9-7-8-10-16(14)13(5)6/h7-13,15H,1-6H3/q+1. The van der Waals surface area contributed by atoms with E-state index in [-0.39, 0.29) is 23.1 Å². The quantitative estimate of drug-likeness (QED) is 0.780. The van der Waals surface area contributed by atoms with Gasteiger partial charge in [0.2, 0.25) is 9.84 Å². The monoisotopic (exact) mass is 284 g/mol. The SMILES string of the molecule is CC(C)C(C(C)C)S(=O)(=O)c1cccc[n+]1C(C)C. The zero-order valence-electron chi connectivity index (χ0n) is 12.8. The molecule has 0 saturated heterocycles. The zero-order valence-corrected chi connectivity index (χ0v) is 13.6. The van der Waals surface area contributed by atoms with E-state index in [1.54, 1.807) is 12.1 Å². The lowest BCUT2D eigenvalue weighted by Crippen LogP contribution is -2.45. The van der Waals surface area contributed by atoms with Gasteiger partial charge < -0.3 is 0 Å². The van der Waals surface area contributed by atoms with Crippen LogP contribution in [0.25, 0.3) is 0 Å². The summed E-state index contributed by atoms with van der Waals surface area (Å²) in [5, 5.41) is 0.0808. The average molecular weight is 284 g/mol. The van der Waals surface area contributed by atoms with Crippen molar-refractivity contribution < 1.29 is 13.0 Å². The molecule has 0 saturated carbocycles. The Morgan fingerprint density at radius 2 is 1.47 bits per heavy atom. The van der Waals surface area contributed by atoms with Crippen molar-refractivity contribution in [2.45, 2.75) is 57.9 Å². The third-order valence-corrected chi connectivity index (χ3v) is 6.11. The van der Waals surface area contributed by atoms with Crippen molar-refractivity contribution in [2.24, 2.45) is 11.8 Å². The molecule has 0 N–H and O–H groups in total. The van der Waals surface area contributed by atoms with Crippen molar-refractivity contribution in [3.05, 3.63) is 24.4 Å². The Kier molecular flexibility index (Phi) is 5.13. The van der Waals surface area contributed by atoms with Gasteiger partial charge in [0.25, 0.3) is 5.03 Å². The highest BCUT2D eigenvalue weighted by molar-refractivity contribution is 7.91. The molecular formula is C15H26NO2S+. The van der Waals surface area contributed by atoms with Gasteiger partial charge in [0.15, 0.2) is 12.2 Å². The lowest BCUT2D eigenvalue weighted by Gasteiger charge is -2.23. The molecular weight excluding hydrogens is 258 g/mol. The molecule has 0 atom stereocenters. The first-order valence-electron chi connectivity index (χ1n) is 6.93. The van der Waals surface area contributed by atoms with Crippen LogP contribution in [0.1, 0.15) is 47.6 Å². The van der Waals surface area contributed by atoms with Crippen LogP contribution in [0.3, 0.4) is 0 Å². The van der Waals surface area contributed by atoms with Gasteiger partial charge >= 0.3 is 0 Å². The summed E-state index contributed by atoms with van der Waals surface area (Å²) in [5.41, 5.74) is 0. The number of aromatic nitrogens is 1. The predicted octanol–water partition coefficient (Wildman–Crippen LogP) is 3.01. The molecule has 1 rings (SSSR count). The van der Waals surface area contributed by atoms with Gasteiger partial charge in [-0.25, -0.2) is 8.42 Å². The van der Waals surface area contributed by atoms with Gasteiger partial charge in [-0.15, -0.1) is 0 Å². The first kappa shape index (κ1) is 16.2. The van der Waals surface area contributed by atoms with E-state index in [1.807, 2.05) is 58.4 Å². The molecule has 0 amide bonds. The maximum Gasteiger partial charge on any atom is 0.297 e. The van der Waals surface area contributed by atoms with Crippen molar-refractivity contribution >= 4 is 9.84 Å². The van der Waals surface area contributed by atoms with Crippen molar-refractivity contribution in [2.75, 3.05) is 0 Å². The highest BCUT2D eigenvalue weighted by Gasteiger charge is 2.38. The van der Waals surface area contributed by atoms with Gasteiger partial charge in [-0.3, -0.25) is 0 Å². The second-order valence-electron chi connectivity index (χ2n) is 6.04. The lowest BCUT2D eigenvalue weighted by atomic mass is 10.0. The number of pyridine rings is 1. The van der Waals surface area contributed by atoms with Crippen LogP contribution in [0, 0.1) is 11.8 Å². The van der Waals surface area contributed by atoms with Crippen LogP contribution in [-0.4, -0.2) is 13.7 Å². The first-order valence-corrected chi connectivity index (χ1v) is 8.48. The average Bonchev–Trinajstić information content (AvgIpc) is 2.27. The van der Waals surface area contributed by atoms with Gasteiger partial charge in [0.1, 0.15) is 0 Å². The molecule has 0 unspecified atom stereocenters. The van der Waals surface area contributed by atoms with Gasteiger partial charge in [-0.2, -0.15) is 4.57 Å². The molecule has 0 fully saturated rings. The van der Waals surface area contributed by atoms with Crippen molar-refractivity contribution in [1.29, 1.82) is 0 Å². The smallest absolute Gasteiger partial charge is 0.217 e. The van der Waals surface area contributed by atoms with Gasteiger partial charge in [0, 0.05) is 12.1 Å². The molecule has 108 valence electrons. The van der Waals surface area contributed by atoms with Crippen molar-refractivity contribution in [1.82, 2.24) is 0 Å². The summed E-state index contributed by atoms with van der Waals surface area (Å²) in [6.07, 6.45) is 1.84. The Morgan fingerprint density at radius 1 is 0.947 bits per heavy atom. The highest BCUT2D eigenvalue weighted by atomic mass is 32.2. The fraction of sp³-hybridized carbons (Fsp3) is 0.667. The van der Waals surface area contributed by atoms with Crippen molar-refractivity contribution in [3.63, 3.8) is 0 Å². The largest absolute Gasteiger partial charge is 0.297 e. The molecule has 4 heteroatoms. The summed E-state index contributed by atoms with van der Waals surface area (Å²) in [6.45, 7) is 11.9. The number of nitrogens with zero attached hydrogens (tertiary/aromatic N) is 1. The van der Waals surface area contributed by atoms with Crippen LogP contribution in [0.2, 0.25) is 0 Å². The van der Waals surface area contributed by atoms with E-state index < -0.39 is 9.84 Å². The molecule has 1 aromatic rings. The van der Waals surface area contributed by atoms with E-state index in [4.69, 9.17) is 0 Å². The molecule has 0 radical (unpaired) electrons. The van der Waals surface area contributed by atoms with Crippen LogP contribution < -0.4 is 4.57 Å². The molecule has 1 aromatic heterocycles. The van der Waals surface area contributed by atoms with Gasteiger partial charge in [0.05, 0.1) is 5.25 Å². The number of rotatable bonds is 5. The third-order valence-electron chi connectivity index (χ3n) is 3.37. The van der Waals surface area contributed by atoms with Gasteiger partial charge in [-0.05, 0) is 31.7 Å². The topological polar surface area (TPSA) is 38.0 Å². The fourth-order valence-electron chi connectivity index (χ4n) is 2.73. The summed E-state index contributed by atoms with van der Waals surface area (Å²) in [5.74, 6) is 0.205. The molecule has 0 aliphatic carbocycles. The second-order valence-corrected chi connectivity index (χ2v) is 8.09. The lowest BCUT2D eigenvalue weighted by molar-refractivity contribution is -0.751. The molecule has 0 aromatic carbocycles. The summed E-state index contributed by atoms with van der Waals surface area (Å²) in [6, 6.07) is 5.51. The third kappa shape index (κ3) is 3.35.